The van der Waals surface area contributed by atoms with Gasteiger partial charge in [0.2, 0.25) is 0 Å². The van der Waals surface area contributed by atoms with Gasteiger partial charge in [0.15, 0.2) is 0 Å². The minimum absolute atomic E-state index is 0.00183. The minimum Gasteiger partial charge on any atom is -0.351 e. The summed E-state index contributed by atoms with van der Waals surface area (Å²) in [5.41, 5.74) is 0.684. The van der Waals surface area contributed by atoms with Crippen molar-refractivity contribution in [2.45, 2.75) is 38.6 Å². The first-order chi connectivity index (χ1) is 13.1. The maximum Gasteiger partial charge on any atom is 0.328 e. The summed E-state index contributed by atoms with van der Waals surface area (Å²) in [6.45, 7) is 0.468. The van der Waals surface area contributed by atoms with Gasteiger partial charge in [0.05, 0.1) is 6.54 Å². The van der Waals surface area contributed by atoms with Gasteiger partial charge >= 0.3 is 5.69 Å². The molecule has 0 saturated carbocycles. The number of nitrogens with one attached hydrogen (secondary N) is 2. The number of rotatable bonds is 6. The molecule has 3 rings (SSSR count). The number of nitrogens with zero attached hydrogens (tertiary/aromatic N) is 1. The molecule has 0 atom stereocenters. The SMILES string of the molecule is O=C(NCCC1=CCCCC1)c1c[nH]c(=O)n(Cc2ccccc2Cl)c1=O. The summed E-state index contributed by atoms with van der Waals surface area (Å²) in [5, 5.41) is 3.23. The topological polar surface area (TPSA) is 84.0 Å². The summed E-state index contributed by atoms with van der Waals surface area (Å²) in [4.78, 5) is 39.6. The standard InChI is InChI=1S/C20H22ClN3O3/c21-17-9-5-4-8-15(17)13-24-19(26)16(12-23-20(24)27)18(25)22-11-10-14-6-2-1-3-7-14/h4-6,8-9,12H,1-3,7,10-11,13H2,(H,22,25)(H,23,27). The molecule has 2 aromatic rings. The molecule has 0 bridgehead atoms. The Morgan fingerprint density at radius 1 is 1.22 bits per heavy atom. The van der Waals surface area contributed by atoms with Crippen molar-refractivity contribution < 1.29 is 4.79 Å². The van der Waals surface area contributed by atoms with Gasteiger partial charge in [-0.05, 0) is 43.7 Å². The summed E-state index contributed by atoms with van der Waals surface area (Å²) in [6, 6.07) is 6.97. The fraction of sp³-hybridized carbons (Fsp3) is 0.350. The maximum absolute atomic E-state index is 12.6. The molecule has 0 fully saturated rings. The van der Waals surface area contributed by atoms with Gasteiger partial charge in [-0.2, -0.15) is 0 Å². The van der Waals surface area contributed by atoms with Crippen LogP contribution >= 0.6 is 11.6 Å². The van der Waals surface area contributed by atoms with Gasteiger partial charge in [-0.25, -0.2) is 4.79 Å². The van der Waals surface area contributed by atoms with Crippen LogP contribution in [0.25, 0.3) is 0 Å². The largest absolute Gasteiger partial charge is 0.351 e. The van der Waals surface area contributed by atoms with Gasteiger partial charge in [0.1, 0.15) is 5.56 Å². The van der Waals surface area contributed by atoms with Gasteiger partial charge in [0, 0.05) is 17.8 Å². The van der Waals surface area contributed by atoms with Gasteiger partial charge in [0.25, 0.3) is 11.5 Å². The summed E-state index contributed by atoms with van der Waals surface area (Å²) in [5.74, 6) is -0.486. The highest BCUT2D eigenvalue weighted by Crippen LogP contribution is 2.19. The van der Waals surface area contributed by atoms with Crippen LogP contribution < -0.4 is 16.6 Å². The number of amides is 1. The lowest BCUT2D eigenvalue weighted by molar-refractivity contribution is 0.0951. The van der Waals surface area contributed by atoms with Crippen LogP contribution in [-0.2, 0) is 6.54 Å². The molecular weight excluding hydrogens is 366 g/mol. The van der Waals surface area contributed by atoms with Crippen LogP contribution in [0.3, 0.4) is 0 Å². The predicted molar refractivity (Wildman–Crippen MR) is 105 cm³/mol. The third-order valence-electron chi connectivity index (χ3n) is 4.71. The summed E-state index contributed by atoms with van der Waals surface area (Å²) >= 11 is 6.11. The Morgan fingerprint density at radius 3 is 2.78 bits per heavy atom. The average Bonchev–Trinajstić information content (AvgIpc) is 2.67. The van der Waals surface area contributed by atoms with Crippen molar-refractivity contribution in [2.75, 3.05) is 6.54 Å². The third-order valence-corrected chi connectivity index (χ3v) is 5.08. The van der Waals surface area contributed by atoms with Crippen molar-refractivity contribution in [3.63, 3.8) is 0 Å². The summed E-state index contributed by atoms with van der Waals surface area (Å²) in [7, 11) is 0. The van der Waals surface area contributed by atoms with E-state index in [0.29, 0.717) is 17.1 Å². The molecule has 0 aliphatic heterocycles. The number of H-pyrrole nitrogens is 1. The molecule has 0 unspecified atom stereocenters. The van der Waals surface area contributed by atoms with Crippen LogP contribution in [-0.4, -0.2) is 22.0 Å². The number of carbonyl (C=O) groups is 1. The fourth-order valence-corrected chi connectivity index (χ4v) is 3.37. The number of aromatic amines is 1. The zero-order valence-corrected chi connectivity index (χ0v) is 15.7. The summed E-state index contributed by atoms with van der Waals surface area (Å²) < 4.78 is 0.986. The molecule has 0 radical (unpaired) electrons. The second-order valence-corrected chi connectivity index (χ2v) is 7.01. The Hall–Kier alpha value is -2.60. The molecule has 0 spiro atoms. The van der Waals surface area contributed by atoms with E-state index in [0.717, 1.165) is 23.8 Å². The van der Waals surface area contributed by atoms with Crippen LogP contribution in [0.1, 0.15) is 48.0 Å². The molecule has 1 aromatic carbocycles. The number of carbonyl (C=O) groups excluding carboxylic acids is 1. The molecule has 27 heavy (non-hydrogen) atoms. The number of hydrogen-bond donors (Lipinski definition) is 2. The second-order valence-electron chi connectivity index (χ2n) is 6.60. The summed E-state index contributed by atoms with van der Waals surface area (Å²) in [6.07, 6.45) is 8.75. The lowest BCUT2D eigenvalue weighted by Crippen LogP contribution is -2.41. The van der Waals surface area contributed by atoms with Crippen LogP contribution in [0.5, 0.6) is 0 Å². The quantitative estimate of drug-likeness (QED) is 0.747. The van der Waals surface area contributed by atoms with E-state index in [1.807, 2.05) is 0 Å². The molecule has 0 saturated heterocycles. The zero-order chi connectivity index (χ0) is 19.2. The van der Waals surface area contributed by atoms with Crippen molar-refractivity contribution in [3.8, 4) is 0 Å². The highest BCUT2D eigenvalue weighted by atomic mass is 35.5. The minimum atomic E-state index is -0.631. The molecule has 6 nitrogen and oxygen atoms in total. The smallest absolute Gasteiger partial charge is 0.328 e. The van der Waals surface area contributed by atoms with E-state index in [2.05, 4.69) is 16.4 Å². The molecule has 1 heterocycles. The van der Waals surface area contributed by atoms with E-state index in [1.54, 1.807) is 24.3 Å². The van der Waals surface area contributed by atoms with Gasteiger partial charge in [-0.3, -0.25) is 14.2 Å². The highest BCUT2D eigenvalue weighted by molar-refractivity contribution is 6.31. The van der Waals surface area contributed by atoms with Gasteiger partial charge in [-0.15, -0.1) is 0 Å². The first-order valence-corrected chi connectivity index (χ1v) is 9.46. The molecular formula is C20H22ClN3O3. The Bertz CT molecular complexity index is 975. The zero-order valence-electron chi connectivity index (χ0n) is 15.0. The number of hydrogen-bond acceptors (Lipinski definition) is 3. The maximum atomic E-state index is 12.6. The van der Waals surface area contributed by atoms with E-state index in [9.17, 15) is 14.4 Å². The van der Waals surface area contributed by atoms with Crippen molar-refractivity contribution in [1.29, 1.82) is 0 Å². The van der Waals surface area contributed by atoms with Crippen LogP contribution in [0.4, 0.5) is 0 Å². The first kappa shape index (κ1) is 19.2. The number of allylic oxidation sites excluding steroid dienone is 1. The van der Waals surface area contributed by atoms with Crippen LogP contribution in [0.2, 0.25) is 5.02 Å². The van der Waals surface area contributed by atoms with E-state index < -0.39 is 17.2 Å². The lowest BCUT2D eigenvalue weighted by atomic mass is 9.97. The average molecular weight is 388 g/mol. The van der Waals surface area contributed by atoms with E-state index >= 15 is 0 Å². The lowest BCUT2D eigenvalue weighted by Gasteiger charge is -2.13. The molecule has 1 aromatic heterocycles. The van der Waals surface area contributed by atoms with Crippen molar-refractivity contribution in [1.82, 2.24) is 14.9 Å². The molecule has 1 aliphatic carbocycles. The van der Waals surface area contributed by atoms with Crippen LogP contribution in [0.15, 0.2) is 51.7 Å². The van der Waals surface area contributed by atoms with Crippen molar-refractivity contribution in [3.05, 3.63) is 79.1 Å². The van der Waals surface area contributed by atoms with Crippen molar-refractivity contribution >= 4 is 17.5 Å². The normalized spacial score (nSPS) is 13.9. The number of aromatic nitrogens is 2. The number of halogens is 1. The Morgan fingerprint density at radius 2 is 2.04 bits per heavy atom. The number of benzene rings is 1. The Balaban J connectivity index is 1.73. The van der Waals surface area contributed by atoms with Gasteiger partial charge in [-0.1, -0.05) is 41.4 Å². The van der Waals surface area contributed by atoms with E-state index in [1.165, 1.54) is 24.6 Å². The second kappa shape index (κ2) is 8.86. The third kappa shape index (κ3) is 4.77. The van der Waals surface area contributed by atoms with E-state index in [4.69, 9.17) is 11.6 Å². The first-order valence-electron chi connectivity index (χ1n) is 9.08. The van der Waals surface area contributed by atoms with E-state index in [-0.39, 0.29) is 12.1 Å². The molecule has 2 N–H and O–H groups in total. The van der Waals surface area contributed by atoms with Gasteiger partial charge < -0.3 is 10.3 Å². The van der Waals surface area contributed by atoms with Crippen LogP contribution in [0, 0.1) is 0 Å². The van der Waals surface area contributed by atoms with Crippen molar-refractivity contribution in [2.24, 2.45) is 0 Å². The highest BCUT2D eigenvalue weighted by Gasteiger charge is 2.15. The molecule has 1 amide bonds. The fourth-order valence-electron chi connectivity index (χ4n) is 3.18. The molecule has 1 aliphatic rings. The monoisotopic (exact) mass is 387 g/mol. The molecule has 7 heteroatoms. The Labute approximate surface area is 161 Å². The molecule has 142 valence electrons. The predicted octanol–water partition coefficient (Wildman–Crippen LogP) is 2.86. The Kier molecular flexibility index (Phi) is 6.29.